The smallest absolute Gasteiger partial charge is 0.274 e. The average Bonchev–Trinajstić information content (AvgIpc) is 2.76. The zero-order valence-corrected chi connectivity index (χ0v) is 13.4. The van der Waals surface area contributed by atoms with Crippen molar-refractivity contribution in [3.63, 3.8) is 0 Å². The molecule has 1 aliphatic heterocycles. The molecule has 0 atom stereocenters. The molecular weight excluding hydrogens is 276 g/mol. The minimum absolute atomic E-state index is 0. The molecule has 1 aromatic rings. The molecule has 5 nitrogen and oxygen atoms in total. The second kappa shape index (κ2) is 7.64. The Balaban J connectivity index is 0.00000200. The molecule has 1 N–H and O–H groups in total. The summed E-state index contributed by atoms with van der Waals surface area (Å²) in [5.41, 5.74) is 1.60. The van der Waals surface area contributed by atoms with Gasteiger partial charge in [0.25, 0.3) is 5.91 Å². The molecule has 0 bridgehead atoms. The maximum absolute atomic E-state index is 12.3. The van der Waals surface area contributed by atoms with E-state index in [9.17, 15) is 4.79 Å². The van der Waals surface area contributed by atoms with E-state index in [1.54, 1.807) is 4.68 Å². The number of rotatable bonds is 4. The topological polar surface area (TPSA) is 50.2 Å². The zero-order valence-electron chi connectivity index (χ0n) is 12.6. The van der Waals surface area contributed by atoms with Gasteiger partial charge in [0.05, 0.1) is 0 Å². The Hall–Kier alpha value is -1.07. The number of halogens is 1. The molecule has 114 valence electrons. The Morgan fingerprint density at radius 2 is 2.10 bits per heavy atom. The third kappa shape index (κ3) is 3.96. The first kappa shape index (κ1) is 17.0. The maximum atomic E-state index is 12.3. The largest absolute Gasteiger partial charge is 0.337 e. The number of aryl methyl sites for hydroxylation is 2. The summed E-state index contributed by atoms with van der Waals surface area (Å²) < 4.78 is 1.76. The number of likely N-dealkylation sites (tertiary alicyclic amines) is 1. The van der Waals surface area contributed by atoms with Crippen molar-refractivity contribution in [2.24, 2.45) is 13.0 Å². The third-order valence-corrected chi connectivity index (χ3v) is 4.04. The van der Waals surface area contributed by atoms with Gasteiger partial charge in [-0.1, -0.05) is 0 Å². The van der Waals surface area contributed by atoms with Gasteiger partial charge in [-0.15, -0.1) is 12.4 Å². The van der Waals surface area contributed by atoms with Gasteiger partial charge in [0, 0.05) is 25.8 Å². The molecule has 1 aromatic heterocycles. The van der Waals surface area contributed by atoms with E-state index in [0.29, 0.717) is 5.69 Å². The highest BCUT2D eigenvalue weighted by Crippen LogP contribution is 2.21. The molecule has 1 aliphatic rings. The first-order valence-electron chi connectivity index (χ1n) is 7.06. The van der Waals surface area contributed by atoms with Gasteiger partial charge in [0.2, 0.25) is 0 Å². The number of aromatic nitrogens is 2. The minimum atomic E-state index is 0. The number of hydrogen-bond acceptors (Lipinski definition) is 3. The van der Waals surface area contributed by atoms with Gasteiger partial charge in [0.1, 0.15) is 0 Å². The van der Waals surface area contributed by atoms with Gasteiger partial charge in [0.15, 0.2) is 5.69 Å². The zero-order chi connectivity index (χ0) is 13.8. The van der Waals surface area contributed by atoms with Crippen LogP contribution in [0.25, 0.3) is 0 Å². The van der Waals surface area contributed by atoms with Crippen LogP contribution in [0.5, 0.6) is 0 Å². The summed E-state index contributed by atoms with van der Waals surface area (Å²) in [6.07, 6.45) is 3.43. The van der Waals surface area contributed by atoms with Gasteiger partial charge in [-0.3, -0.25) is 9.48 Å². The summed E-state index contributed by atoms with van der Waals surface area (Å²) >= 11 is 0. The number of nitrogens with zero attached hydrogens (tertiary/aromatic N) is 3. The number of hydrogen-bond donors (Lipinski definition) is 1. The van der Waals surface area contributed by atoms with Crippen LogP contribution in [0, 0.1) is 12.8 Å². The molecule has 1 amide bonds. The Kier molecular flexibility index (Phi) is 6.49. The number of nitrogens with one attached hydrogen (secondary N) is 1. The standard InChI is InChI=1S/C14H24N4O.ClH/c1-11-10-13(16-17(11)3)14(19)18-8-5-12(6-9-18)4-7-15-2;/h10,12,15H,4-9H2,1-3H3;1H. The van der Waals surface area contributed by atoms with E-state index in [1.165, 1.54) is 6.42 Å². The van der Waals surface area contributed by atoms with E-state index in [0.717, 1.165) is 44.1 Å². The van der Waals surface area contributed by atoms with Gasteiger partial charge in [-0.05, 0) is 51.8 Å². The molecule has 0 aromatic carbocycles. The summed E-state index contributed by atoms with van der Waals surface area (Å²) in [4.78, 5) is 14.3. The summed E-state index contributed by atoms with van der Waals surface area (Å²) in [5.74, 6) is 0.831. The predicted molar refractivity (Wildman–Crippen MR) is 82.4 cm³/mol. The highest BCUT2D eigenvalue weighted by atomic mass is 35.5. The SMILES string of the molecule is CNCCC1CCN(C(=O)c2cc(C)n(C)n2)CC1.Cl. The molecule has 20 heavy (non-hydrogen) atoms. The molecule has 0 unspecified atom stereocenters. The lowest BCUT2D eigenvalue weighted by molar-refractivity contribution is 0.0680. The molecule has 2 heterocycles. The van der Waals surface area contributed by atoms with Crippen LogP contribution >= 0.6 is 12.4 Å². The van der Waals surface area contributed by atoms with E-state index in [4.69, 9.17) is 0 Å². The van der Waals surface area contributed by atoms with E-state index in [2.05, 4.69) is 10.4 Å². The van der Waals surface area contributed by atoms with Crippen LogP contribution < -0.4 is 5.32 Å². The van der Waals surface area contributed by atoms with Crippen LogP contribution in [-0.4, -0.2) is 47.3 Å². The molecule has 2 rings (SSSR count). The number of amides is 1. The van der Waals surface area contributed by atoms with Crippen LogP contribution in [0.1, 0.15) is 35.4 Å². The van der Waals surface area contributed by atoms with Gasteiger partial charge < -0.3 is 10.2 Å². The second-order valence-electron chi connectivity index (χ2n) is 5.42. The maximum Gasteiger partial charge on any atom is 0.274 e. The number of piperidine rings is 1. The molecule has 1 saturated heterocycles. The first-order valence-corrected chi connectivity index (χ1v) is 7.06. The third-order valence-electron chi connectivity index (χ3n) is 4.04. The lowest BCUT2D eigenvalue weighted by Crippen LogP contribution is -2.39. The minimum Gasteiger partial charge on any atom is -0.337 e. The molecular formula is C14H25ClN4O. The molecule has 0 radical (unpaired) electrons. The molecule has 0 saturated carbocycles. The normalized spacial score (nSPS) is 16.1. The average molecular weight is 301 g/mol. The van der Waals surface area contributed by atoms with Crippen LogP contribution in [-0.2, 0) is 7.05 Å². The van der Waals surface area contributed by atoms with Crippen LogP contribution in [0.4, 0.5) is 0 Å². The fourth-order valence-corrected chi connectivity index (χ4v) is 2.60. The molecule has 1 fully saturated rings. The second-order valence-corrected chi connectivity index (χ2v) is 5.42. The quantitative estimate of drug-likeness (QED) is 0.919. The van der Waals surface area contributed by atoms with E-state index < -0.39 is 0 Å². The summed E-state index contributed by atoms with van der Waals surface area (Å²) in [5, 5.41) is 7.46. The monoisotopic (exact) mass is 300 g/mol. The van der Waals surface area contributed by atoms with Crippen molar-refractivity contribution in [2.45, 2.75) is 26.2 Å². The van der Waals surface area contributed by atoms with Gasteiger partial charge in [-0.25, -0.2) is 0 Å². The predicted octanol–water partition coefficient (Wildman–Crippen LogP) is 1.61. The Morgan fingerprint density at radius 3 is 2.60 bits per heavy atom. The van der Waals surface area contributed by atoms with Crippen molar-refractivity contribution in [1.29, 1.82) is 0 Å². The van der Waals surface area contributed by atoms with Crippen molar-refractivity contribution in [3.05, 3.63) is 17.5 Å². The van der Waals surface area contributed by atoms with Crippen LogP contribution in [0.3, 0.4) is 0 Å². The Bertz CT molecular complexity index is 419. The van der Waals surface area contributed by atoms with Gasteiger partial charge in [-0.2, -0.15) is 5.10 Å². The van der Waals surface area contributed by atoms with Gasteiger partial charge >= 0.3 is 0 Å². The fourth-order valence-electron chi connectivity index (χ4n) is 2.60. The van der Waals surface area contributed by atoms with Crippen molar-refractivity contribution < 1.29 is 4.79 Å². The van der Waals surface area contributed by atoms with E-state index in [1.807, 2.05) is 32.0 Å². The highest BCUT2D eigenvalue weighted by Gasteiger charge is 2.24. The molecule has 6 heteroatoms. The number of carbonyl (C=O) groups excluding carboxylic acids is 1. The Morgan fingerprint density at radius 1 is 1.45 bits per heavy atom. The fraction of sp³-hybridized carbons (Fsp3) is 0.714. The summed E-state index contributed by atoms with van der Waals surface area (Å²) in [6, 6.07) is 1.87. The summed E-state index contributed by atoms with van der Waals surface area (Å²) in [6.45, 7) is 4.76. The lowest BCUT2D eigenvalue weighted by atomic mass is 9.93. The Labute approximate surface area is 127 Å². The number of carbonyl (C=O) groups is 1. The van der Waals surface area contributed by atoms with Crippen molar-refractivity contribution >= 4 is 18.3 Å². The van der Waals surface area contributed by atoms with Crippen molar-refractivity contribution in [1.82, 2.24) is 20.0 Å². The summed E-state index contributed by atoms with van der Waals surface area (Å²) in [7, 11) is 3.86. The van der Waals surface area contributed by atoms with Crippen molar-refractivity contribution in [2.75, 3.05) is 26.7 Å². The molecule has 0 aliphatic carbocycles. The van der Waals surface area contributed by atoms with Crippen LogP contribution in [0.15, 0.2) is 6.07 Å². The van der Waals surface area contributed by atoms with Crippen LogP contribution in [0.2, 0.25) is 0 Å². The van der Waals surface area contributed by atoms with E-state index >= 15 is 0 Å². The first-order chi connectivity index (χ1) is 9.11. The van der Waals surface area contributed by atoms with Crippen molar-refractivity contribution in [3.8, 4) is 0 Å². The van der Waals surface area contributed by atoms with E-state index in [-0.39, 0.29) is 18.3 Å². The molecule has 0 spiro atoms. The lowest BCUT2D eigenvalue weighted by Gasteiger charge is -2.31. The highest BCUT2D eigenvalue weighted by molar-refractivity contribution is 5.92.